The van der Waals surface area contributed by atoms with Gasteiger partial charge in [-0.05, 0) is 76.7 Å². The van der Waals surface area contributed by atoms with Gasteiger partial charge >= 0.3 is 5.97 Å². The Morgan fingerprint density at radius 3 is 2.30 bits per heavy atom. The van der Waals surface area contributed by atoms with Crippen molar-refractivity contribution in [3.8, 4) is 0 Å². The van der Waals surface area contributed by atoms with Gasteiger partial charge in [-0.3, -0.25) is 24.6 Å². The molecule has 30 heavy (non-hydrogen) atoms. The maximum Gasteiger partial charge on any atom is 0.320 e. The fourth-order valence-corrected chi connectivity index (χ4v) is 3.52. The number of hydrogen-bond donors (Lipinski definition) is 2. The lowest BCUT2D eigenvalue weighted by atomic mass is 9.89. The van der Waals surface area contributed by atoms with E-state index in [0.717, 1.165) is 31.5 Å². The summed E-state index contributed by atoms with van der Waals surface area (Å²) in [6, 6.07) is 4.90. The standard InChI is InChI=1S/C17H25FN2O2.C5H7NO2.2H2/c1-17(2,3)22-16(21)11-20-8-6-12(7-9-20)14-5-4-13(19)10-15(14)18;7-4-2-1-3-5(8)6-4;;/h4-5,10,12H,6-9,11,19H2,1-3H3;1-3H2,(H,6,7,8);2*1H. The lowest BCUT2D eigenvalue weighted by molar-refractivity contribution is -0.156. The van der Waals surface area contributed by atoms with Gasteiger partial charge < -0.3 is 10.5 Å². The number of rotatable bonds is 3. The number of benzene rings is 1. The monoisotopic (exact) mass is 425 g/mol. The van der Waals surface area contributed by atoms with Crippen molar-refractivity contribution < 1.29 is 26.4 Å². The maximum absolute atomic E-state index is 14.0. The van der Waals surface area contributed by atoms with E-state index in [-0.39, 0.29) is 32.4 Å². The second-order valence-corrected chi connectivity index (χ2v) is 8.74. The van der Waals surface area contributed by atoms with Crippen molar-refractivity contribution in [1.29, 1.82) is 0 Å². The Balaban J connectivity index is 0.000000816. The van der Waals surface area contributed by atoms with Crippen LogP contribution >= 0.6 is 0 Å². The minimum Gasteiger partial charge on any atom is -0.459 e. The Hall–Kier alpha value is -2.48. The zero-order valence-electron chi connectivity index (χ0n) is 18.0. The molecule has 0 aliphatic carbocycles. The summed E-state index contributed by atoms with van der Waals surface area (Å²) in [6.45, 7) is 7.43. The molecule has 1 aromatic carbocycles. The Bertz CT molecular complexity index is 765. The van der Waals surface area contributed by atoms with E-state index in [4.69, 9.17) is 10.5 Å². The van der Waals surface area contributed by atoms with Gasteiger partial charge in [-0.2, -0.15) is 0 Å². The molecule has 2 aliphatic heterocycles. The topological polar surface area (TPSA) is 102 Å². The van der Waals surface area contributed by atoms with Crippen LogP contribution in [0.4, 0.5) is 10.1 Å². The van der Waals surface area contributed by atoms with Gasteiger partial charge in [0.2, 0.25) is 11.8 Å². The third-order valence-electron chi connectivity index (χ3n) is 4.91. The lowest BCUT2D eigenvalue weighted by Crippen LogP contribution is -2.39. The molecule has 0 bridgehead atoms. The summed E-state index contributed by atoms with van der Waals surface area (Å²) in [7, 11) is 0. The largest absolute Gasteiger partial charge is 0.459 e. The number of carbonyl (C=O) groups excluding carboxylic acids is 3. The summed E-state index contributed by atoms with van der Waals surface area (Å²) in [6.07, 6.45) is 3.40. The molecule has 2 aliphatic rings. The molecule has 2 fully saturated rings. The highest BCUT2D eigenvalue weighted by Gasteiger charge is 2.25. The van der Waals surface area contributed by atoms with Gasteiger partial charge in [0.25, 0.3) is 0 Å². The van der Waals surface area contributed by atoms with E-state index in [1.165, 1.54) is 6.07 Å². The highest BCUT2D eigenvalue weighted by molar-refractivity contribution is 5.97. The van der Waals surface area contributed by atoms with E-state index >= 15 is 0 Å². The molecule has 8 heteroatoms. The first-order chi connectivity index (χ1) is 14.0. The Morgan fingerprint density at radius 1 is 1.23 bits per heavy atom. The van der Waals surface area contributed by atoms with Gasteiger partial charge in [0.1, 0.15) is 11.4 Å². The normalized spacial score (nSPS) is 18.3. The van der Waals surface area contributed by atoms with Gasteiger partial charge in [-0.15, -0.1) is 0 Å². The van der Waals surface area contributed by atoms with Crippen molar-refractivity contribution in [3.05, 3.63) is 29.6 Å². The number of ether oxygens (including phenoxy) is 1. The van der Waals surface area contributed by atoms with E-state index in [1.54, 1.807) is 12.1 Å². The third-order valence-corrected chi connectivity index (χ3v) is 4.91. The van der Waals surface area contributed by atoms with Crippen molar-refractivity contribution in [3.63, 3.8) is 0 Å². The van der Waals surface area contributed by atoms with Crippen LogP contribution in [0.5, 0.6) is 0 Å². The fourth-order valence-electron chi connectivity index (χ4n) is 3.52. The summed E-state index contributed by atoms with van der Waals surface area (Å²) in [5.74, 6) is -0.520. The number of imide groups is 1. The predicted octanol–water partition coefficient (Wildman–Crippen LogP) is 3.23. The average molecular weight is 426 g/mol. The number of anilines is 1. The number of likely N-dealkylation sites (tertiary alicyclic amines) is 1. The second kappa shape index (κ2) is 10.5. The summed E-state index contributed by atoms with van der Waals surface area (Å²) < 4.78 is 19.3. The number of nitrogens with zero attached hydrogens (tertiary/aromatic N) is 1. The molecule has 0 spiro atoms. The number of esters is 1. The number of piperidine rings is 2. The molecule has 2 saturated heterocycles. The molecule has 0 atom stereocenters. The molecule has 170 valence electrons. The molecular weight excluding hydrogens is 389 g/mol. The minimum absolute atomic E-state index is 0. The van der Waals surface area contributed by atoms with E-state index < -0.39 is 5.60 Å². The van der Waals surface area contributed by atoms with Crippen LogP contribution in [0.3, 0.4) is 0 Å². The highest BCUT2D eigenvalue weighted by atomic mass is 19.1. The van der Waals surface area contributed by atoms with Crippen LogP contribution in [-0.2, 0) is 19.1 Å². The molecule has 0 radical (unpaired) electrons. The Labute approximate surface area is 180 Å². The lowest BCUT2D eigenvalue weighted by Gasteiger charge is -2.32. The molecule has 0 unspecified atom stereocenters. The van der Waals surface area contributed by atoms with E-state index in [2.05, 4.69) is 10.2 Å². The van der Waals surface area contributed by atoms with E-state index in [9.17, 15) is 18.8 Å². The van der Waals surface area contributed by atoms with Crippen LogP contribution in [0.25, 0.3) is 0 Å². The second-order valence-electron chi connectivity index (χ2n) is 8.74. The van der Waals surface area contributed by atoms with Crippen LogP contribution in [0, 0.1) is 5.82 Å². The number of nitrogens with one attached hydrogen (secondary N) is 1. The minimum atomic E-state index is -0.456. The molecule has 0 saturated carbocycles. The first-order valence-corrected chi connectivity index (χ1v) is 10.4. The first-order valence-electron chi connectivity index (χ1n) is 10.4. The summed E-state index contributed by atoms with van der Waals surface area (Å²) in [5.41, 5.74) is 6.30. The van der Waals surface area contributed by atoms with E-state index in [1.807, 2.05) is 20.8 Å². The number of nitrogens with two attached hydrogens (primary N) is 1. The zero-order valence-corrected chi connectivity index (χ0v) is 18.0. The van der Waals surface area contributed by atoms with Gasteiger partial charge in [0.15, 0.2) is 0 Å². The quantitative estimate of drug-likeness (QED) is 0.438. The predicted molar refractivity (Wildman–Crippen MR) is 116 cm³/mol. The van der Waals surface area contributed by atoms with Crippen LogP contribution in [0.1, 0.15) is 67.2 Å². The van der Waals surface area contributed by atoms with Crippen molar-refractivity contribution in [2.75, 3.05) is 25.4 Å². The number of hydrogen-bond acceptors (Lipinski definition) is 6. The summed E-state index contributed by atoms with van der Waals surface area (Å²) >= 11 is 0. The van der Waals surface area contributed by atoms with Gasteiger partial charge in [-0.25, -0.2) is 4.39 Å². The fraction of sp³-hybridized carbons (Fsp3) is 0.591. The summed E-state index contributed by atoms with van der Waals surface area (Å²) in [4.78, 5) is 34.6. The van der Waals surface area contributed by atoms with Crippen LogP contribution in [-0.4, -0.2) is 47.9 Å². The van der Waals surface area contributed by atoms with E-state index in [0.29, 0.717) is 31.5 Å². The molecule has 0 aromatic heterocycles. The zero-order chi connectivity index (χ0) is 22.3. The van der Waals surface area contributed by atoms with Crippen LogP contribution < -0.4 is 11.1 Å². The SMILES string of the molecule is CC(C)(C)OC(=O)CN1CCC(c2ccc(N)cc2F)CC1.O=C1CCCC(=O)N1.[HH].[HH]. The number of amides is 2. The summed E-state index contributed by atoms with van der Waals surface area (Å²) in [5, 5.41) is 2.20. The van der Waals surface area contributed by atoms with Gasteiger partial charge in [0, 0.05) is 21.4 Å². The first kappa shape index (κ1) is 23.8. The Morgan fingerprint density at radius 2 is 1.83 bits per heavy atom. The van der Waals surface area contributed by atoms with Crippen molar-refractivity contribution in [2.24, 2.45) is 0 Å². The molecular formula is C22H36FN3O4. The number of nitrogen functional groups attached to an aromatic ring is 1. The Kier molecular flexibility index (Phi) is 8.34. The molecule has 3 N–H and O–H groups in total. The molecule has 2 heterocycles. The van der Waals surface area contributed by atoms with Crippen molar-refractivity contribution in [2.45, 2.75) is 64.4 Å². The highest BCUT2D eigenvalue weighted by Crippen LogP contribution is 2.30. The van der Waals surface area contributed by atoms with Crippen LogP contribution in [0.2, 0.25) is 0 Å². The molecule has 7 nitrogen and oxygen atoms in total. The van der Waals surface area contributed by atoms with Gasteiger partial charge in [0.05, 0.1) is 6.54 Å². The number of halogens is 1. The molecule has 2 amide bonds. The van der Waals surface area contributed by atoms with Gasteiger partial charge in [-0.1, -0.05) is 6.07 Å². The maximum atomic E-state index is 14.0. The van der Waals surface area contributed by atoms with Crippen molar-refractivity contribution in [1.82, 2.24) is 10.2 Å². The third kappa shape index (κ3) is 8.10. The van der Waals surface area contributed by atoms with Crippen LogP contribution in [0.15, 0.2) is 18.2 Å². The smallest absolute Gasteiger partial charge is 0.320 e. The molecule has 1 aromatic rings. The average Bonchev–Trinajstić information content (AvgIpc) is 2.61. The number of carbonyl (C=O) groups is 3. The van der Waals surface area contributed by atoms with Crippen molar-refractivity contribution >= 4 is 23.5 Å². The molecule has 3 rings (SSSR count).